The van der Waals surface area contributed by atoms with E-state index in [1.165, 1.54) is 50.0 Å². The summed E-state index contributed by atoms with van der Waals surface area (Å²) in [6.07, 6.45) is 5.39. The van der Waals surface area contributed by atoms with Crippen LogP contribution < -0.4 is 5.32 Å². The maximum Gasteiger partial charge on any atom is 0.224 e. The third kappa shape index (κ3) is 6.47. The van der Waals surface area contributed by atoms with Gasteiger partial charge in [0, 0.05) is 6.54 Å². The Bertz CT molecular complexity index is 652. The van der Waals surface area contributed by atoms with Gasteiger partial charge in [-0.3, -0.25) is 4.79 Å². The van der Waals surface area contributed by atoms with Crippen LogP contribution in [-0.2, 0) is 11.2 Å². The van der Waals surface area contributed by atoms with Gasteiger partial charge in [-0.1, -0.05) is 54.6 Å². The van der Waals surface area contributed by atoms with E-state index in [-0.39, 0.29) is 18.3 Å². The third-order valence-corrected chi connectivity index (χ3v) is 4.85. The standard InChI is InChI=1S/C22H28N2O.ClH/c25-22(23-14-4-5-15-24-16-6-7-17-24)18-19-10-12-21(13-11-19)20-8-2-1-3-9-20;/h1-3,8-13H,4-7,14-18H2,(H,23,25);1H. The Kier molecular flexibility index (Phi) is 8.66. The number of halogens is 1. The van der Waals surface area contributed by atoms with Crippen LogP contribution in [0.5, 0.6) is 0 Å². The molecule has 0 unspecified atom stereocenters. The van der Waals surface area contributed by atoms with Gasteiger partial charge in [0.15, 0.2) is 0 Å². The largest absolute Gasteiger partial charge is 0.356 e. The van der Waals surface area contributed by atoms with Gasteiger partial charge in [0.25, 0.3) is 0 Å². The normalized spacial score (nSPS) is 14.0. The van der Waals surface area contributed by atoms with E-state index < -0.39 is 0 Å². The maximum absolute atomic E-state index is 12.1. The minimum Gasteiger partial charge on any atom is -0.356 e. The number of hydrogen-bond donors (Lipinski definition) is 1. The molecule has 2 aromatic rings. The van der Waals surface area contributed by atoms with Crippen LogP contribution in [0.3, 0.4) is 0 Å². The molecular formula is C22H29ClN2O. The van der Waals surface area contributed by atoms with E-state index >= 15 is 0 Å². The zero-order chi connectivity index (χ0) is 17.3. The average molecular weight is 373 g/mol. The summed E-state index contributed by atoms with van der Waals surface area (Å²) in [5.41, 5.74) is 3.46. The zero-order valence-corrected chi connectivity index (χ0v) is 16.1. The monoisotopic (exact) mass is 372 g/mol. The van der Waals surface area contributed by atoms with Crippen molar-refractivity contribution in [3.63, 3.8) is 0 Å². The molecule has 4 heteroatoms. The number of rotatable bonds is 8. The van der Waals surface area contributed by atoms with Crippen molar-refractivity contribution in [3.05, 3.63) is 60.2 Å². The highest BCUT2D eigenvalue weighted by molar-refractivity contribution is 5.85. The molecule has 3 nitrogen and oxygen atoms in total. The second-order valence-corrected chi connectivity index (χ2v) is 6.85. The number of nitrogens with one attached hydrogen (secondary N) is 1. The first kappa shape index (κ1) is 20.5. The van der Waals surface area contributed by atoms with Crippen LogP contribution in [0, 0.1) is 0 Å². The molecule has 0 aromatic heterocycles. The lowest BCUT2D eigenvalue weighted by Gasteiger charge is -2.14. The predicted molar refractivity (Wildman–Crippen MR) is 111 cm³/mol. The fourth-order valence-electron chi connectivity index (χ4n) is 3.39. The summed E-state index contributed by atoms with van der Waals surface area (Å²) in [7, 11) is 0. The molecule has 1 N–H and O–H groups in total. The number of carbonyl (C=O) groups is 1. The Morgan fingerprint density at radius 1 is 0.885 bits per heavy atom. The molecule has 1 aliphatic heterocycles. The molecule has 0 bridgehead atoms. The van der Waals surface area contributed by atoms with Crippen LogP contribution in [0.1, 0.15) is 31.2 Å². The molecule has 0 saturated carbocycles. The van der Waals surface area contributed by atoms with Crippen LogP contribution in [-0.4, -0.2) is 37.0 Å². The first-order valence-corrected chi connectivity index (χ1v) is 9.45. The predicted octanol–water partition coefficient (Wildman–Crippen LogP) is 4.31. The number of likely N-dealkylation sites (tertiary alicyclic amines) is 1. The van der Waals surface area contributed by atoms with Gasteiger partial charge in [0.1, 0.15) is 0 Å². The molecule has 140 valence electrons. The summed E-state index contributed by atoms with van der Waals surface area (Å²) in [4.78, 5) is 14.6. The number of hydrogen-bond acceptors (Lipinski definition) is 2. The van der Waals surface area contributed by atoms with Crippen molar-refractivity contribution in [1.29, 1.82) is 0 Å². The second kappa shape index (κ2) is 11.0. The number of benzene rings is 2. The van der Waals surface area contributed by atoms with Crippen molar-refractivity contribution >= 4 is 18.3 Å². The molecule has 0 atom stereocenters. The van der Waals surface area contributed by atoms with E-state index in [1.54, 1.807) is 0 Å². The summed E-state index contributed by atoms with van der Waals surface area (Å²) >= 11 is 0. The Morgan fingerprint density at radius 3 is 2.23 bits per heavy atom. The summed E-state index contributed by atoms with van der Waals surface area (Å²) in [6.45, 7) is 4.47. The molecule has 0 aliphatic carbocycles. The highest BCUT2D eigenvalue weighted by Crippen LogP contribution is 2.19. The second-order valence-electron chi connectivity index (χ2n) is 6.85. The topological polar surface area (TPSA) is 32.3 Å². The zero-order valence-electron chi connectivity index (χ0n) is 15.3. The fourth-order valence-corrected chi connectivity index (χ4v) is 3.39. The lowest BCUT2D eigenvalue weighted by atomic mass is 10.0. The van der Waals surface area contributed by atoms with Crippen LogP contribution in [0.25, 0.3) is 11.1 Å². The van der Waals surface area contributed by atoms with E-state index in [0.717, 1.165) is 18.5 Å². The molecule has 3 rings (SSSR count). The smallest absolute Gasteiger partial charge is 0.224 e. The molecule has 1 fully saturated rings. The van der Waals surface area contributed by atoms with E-state index in [1.807, 2.05) is 18.2 Å². The van der Waals surface area contributed by atoms with Crippen LogP contribution in [0.4, 0.5) is 0 Å². The van der Waals surface area contributed by atoms with Crippen molar-refractivity contribution in [1.82, 2.24) is 10.2 Å². The van der Waals surface area contributed by atoms with Crippen LogP contribution in [0.15, 0.2) is 54.6 Å². The lowest BCUT2D eigenvalue weighted by Crippen LogP contribution is -2.27. The highest BCUT2D eigenvalue weighted by atomic mass is 35.5. The molecule has 1 aliphatic rings. The Labute approximate surface area is 163 Å². The van der Waals surface area contributed by atoms with E-state index in [9.17, 15) is 4.79 Å². The maximum atomic E-state index is 12.1. The Balaban J connectivity index is 0.00000243. The third-order valence-electron chi connectivity index (χ3n) is 4.85. The molecule has 0 spiro atoms. The van der Waals surface area contributed by atoms with Crippen LogP contribution in [0.2, 0.25) is 0 Å². The van der Waals surface area contributed by atoms with Gasteiger partial charge in [-0.25, -0.2) is 0 Å². The summed E-state index contributed by atoms with van der Waals surface area (Å²) in [5, 5.41) is 3.05. The quantitative estimate of drug-likeness (QED) is 0.700. The van der Waals surface area contributed by atoms with Gasteiger partial charge in [-0.2, -0.15) is 0 Å². The Morgan fingerprint density at radius 2 is 1.54 bits per heavy atom. The van der Waals surface area contributed by atoms with Crippen molar-refractivity contribution < 1.29 is 4.79 Å². The van der Waals surface area contributed by atoms with E-state index in [2.05, 4.69) is 46.6 Å². The van der Waals surface area contributed by atoms with Gasteiger partial charge in [0.05, 0.1) is 6.42 Å². The molecule has 2 aromatic carbocycles. The van der Waals surface area contributed by atoms with Crippen molar-refractivity contribution in [2.75, 3.05) is 26.2 Å². The van der Waals surface area contributed by atoms with Gasteiger partial charge in [-0.05, 0) is 62.0 Å². The van der Waals surface area contributed by atoms with Gasteiger partial charge >= 0.3 is 0 Å². The van der Waals surface area contributed by atoms with Crippen molar-refractivity contribution in [3.8, 4) is 11.1 Å². The first-order valence-electron chi connectivity index (χ1n) is 9.45. The molecule has 26 heavy (non-hydrogen) atoms. The molecule has 0 radical (unpaired) electrons. The fraction of sp³-hybridized carbons (Fsp3) is 0.409. The molecule has 1 amide bonds. The van der Waals surface area contributed by atoms with Gasteiger partial charge < -0.3 is 10.2 Å². The first-order chi connectivity index (χ1) is 12.3. The van der Waals surface area contributed by atoms with Gasteiger partial charge in [-0.15, -0.1) is 12.4 Å². The molecule has 1 saturated heterocycles. The summed E-state index contributed by atoms with van der Waals surface area (Å²) in [5.74, 6) is 0.119. The van der Waals surface area contributed by atoms with Crippen molar-refractivity contribution in [2.24, 2.45) is 0 Å². The number of amides is 1. The van der Waals surface area contributed by atoms with Gasteiger partial charge in [0.2, 0.25) is 5.91 Å². The van der Waals surface area contributed by atoms with E-state index in [0.29, 0.717) is 6.42 Å². The van der Waals surface area contributed by atoms with Crippen molar-refractivity contribution in [2.45, 2.75) is 32.1 Å². The molecular weight excluding hydrogens is 344 g/mol. The summed E-state index contributed by atoms with van der Waals surface area (Å²) < 4.78 is 0. The minimum atomic E-state index is 0. The average Bonchev–Trinajstić information content (AvgIpc) is 3.16. The minimum absolute atomic E-state index is 0. The van der Waals surface area contributed by atoms with Crippen LogP contribution >= 0.6 is 12.4 Å². The highest BCUT2D eigenvalue weighted by Gasteiger charge is 2.10. The molecule has 1 heterocycles. The number of nitrogens with zero attached hydrogens (tertiary/aromatic N) is 1. The Hall–Kier alpha value is -1.84. The SMILES string of the molecule is Cl.O=C(Cc1ccc(-c2ccccc2)cc1)NCCCCN1CCCC1. The lowest BCUT2D eigenvalue weighted by molar-refractivity contribution is -0.120. The van der Waals surface area contributed by atoms with E-state index in [4.69, 9.17) is 0 Å². The summed E-state index contributed by atoms with van der Waals surface area (Å²) in [6, 6.07) is 18.6. The number of carbonyl (C=O) groups excluding carboxylic acids is 1. The number of unbranched alkanes of at least 4 members (excludes halogenated alkanes) is 1.